The van der Waals surface area contributed by atoms with Crippen molar-refractivity contribution in [3.8, 4) is 5.75 Å². The summed E-state index contributed by atoms with van der Waals surface area (Å²) in [4.78, 5) is 26.1. The smallest absolute Gasteiger partial charge is 0.265 e. The molecular weight excluding hydrogens is 394 g/mol. The summed E-state index contributed by atoms with van der Waals surface area (Å²) in [5, 5.41) is 2.67. The SMILES string of the molecule is CC1Oc2ccc(S(=O)(=O)N3CCN(C(=O)c4ccccc4)CC3)cc2NC1=O. The molecule has 2 aromatic carbocycles. The molecule has 0 bridgehead atoms. The van der Waals surface area contributed by atoms with Gasteiger partial charge in [-0.2, -0.15) is 4.31 Å². The van der Waals surface area contributed by atoms with E-state index in [0.717, 1.165) is 0 Å². The number of hydrogen-bond donors (Lipinski definition) is 1. The monoisotopic (exact) mass is 415 g/mol. The van der Waals surface area contributed by atoms with Crippen molar-refractivity contribution < 1.29 is 22.7 Å². The van der Waals surface area contributed by atoms with Gasteiger partial charge in [-0.25, -0.2) is 8.42 Å². The first-order chi connectivity index (χ1) is 13.9. The first kappa shape index (κ1) is 19.4. The van der Waals surface area contributed by atoms with Crippen molar-refractivity contribution in [1.29, 1.82) is 0 Å². The zero-order chi connectivity index (χ0) is 20.6. The molecule has 1 unspecified atom stereocenters. The van der Waals surface area contributed by atoms with Crippen LogP contribution in [0.25, 0.3) is 0 Å². The third kappa shape index (κ3) is 3.70. The van der Waals surface area contributed by atoms with E-state index in [1.54, 1.807) is 42.2 Å². The van der Waals surface area contributed by atoms with Crippen LogP contribution in [0.2, 0.25) is 0 Å². The Morgan fingerprint density at radius 3 is 2.45 bits per heavy atom. The van der Waals surface area contributed by atoms with Crippen molar-refractivity contribution in [1.82, 2.24) is 9.21 Å². The molecule has 0 aliphatic carbocycles. The molecule has 2 heterocycles. The normalized spacial score (nSPS) is 19.8. The Labute approximate surface area is 169 Å². The highest BCUT2D eigenvalue weighted by atomic mass is 32.2. The lowest BCUT2D eigenvalue weighted by Crippen LogP contribution is -2.50. The number of amides is 2. The van der Waals surface area contributed by atoms with Crippen molar-refractivity contribution >= 4 is 27.5 Å². The lowest BCUT2D eigenvalue weighted by Gasteiger charge is -2.34. The Bertz CT molecular complexity index is 1050. The number of benzene rings is 2. The number of piperazine rings is 1. The Morgan fingerprint density at radius 2 is 1.76 bits per heavy atom. The molecule has 0 spiro atoms. The van der Waals surface area contributed by atoms with E-state index in [4.69, 9.17) is 4.74 Å². The van der Waals surface area contributed by atoms with Crippen LogP contribution in [0.15, 0.2) is 53.4 Å². The van der Waals surface area contributed by atoms with E-state index in [9.17, 15) is 18.0 Å². The van der Waals surface area contributed by atoms with E-state index in [2.05, 4.69) is 5.32 Å². The number of anilines is 1. The highest BCUT2D eigenvalue weighted by molar-refractivity contribution is 7.89. The summed E-state index contributed by atoms with van der Waals surface area (Å²) in [5.74, 6) is 0.0137. The molecule has 152 valence electrons. The van der Waals surface area contributed by atoms with E-state index in [1.165, 1.54) is 16.4 Å². The molecule has 0 radical (unpaired) electrons. The Morgan fingerprint density at radius 1 is 1.07 bits per heavy atom. The second-order valence-electron chi connectivity index (χ2n) is 6.97. The van der Waals surface area contributed by atoms with Gasteiger partial charge in [0, 0.05) is 31.7 Å². The van der Waals surface area contributed by atoms with Crippen molar-refractivity contribution in [2.45, 2.75) is 17.9 Å². The van der Waals surface area contributed by atoms with Gasteiger partial charge in [0.05, 0.1) is 10.6 Å². The Kier molecular flexibility index (Phi) is 5.01. The van der Waals surface area contributed by atoms with Crippen molar-refractivity contribution in [3.63, 3.8) is 0 Å². The van der Waals surface area contributed by atoms with Gasteiger partial charge >= 0.3 is 0 Å². The van der Waals surface area contributed by atoms with Crippen LogP contribution in [0.4, 0.5) is 5.69 Å². The van der Waals surface area contributed by atoms with Gasteiger partial charge in [-0.05, 0) is 37.3 Å². The first-order valence-electron chi connectivity index (χ1n) is 9.32. The summed E-state index contributed by atoms with van der Waals surface area (Å²) < 4.78 is 32.9. The van der Waals surface area contributed by atoms with Gasteiger partial charge in [-0.3, -0.25) is 9.59 Å². The van der Waals surface area contributed by atoms with Gasteiger partial charge in [0.15, 0.2) is 6.10 Å². The predicted molar refractivity (Wildman–Crippen MR) is 106 cm³/mol. The summed E-state index contributed by atoms with van der Waals surface area (Å²) in [6.45, 7) is 2.67. The summed E-state index contributed by atoms with van der Waals surface area (Å²) in [6.07, 6.45) is -0.625. The molecule has 4 rings (SSSR count). The van der Waals surface area contributed by atoms with Crippen LogP contribution in [-0.2, 0) is 14.8 Å². The molecule has 2 aliphatic rings. The average Bonchev–Trinajstić information content (AvgIpc) is 2.74. The highest BCUT2D eigenvalue weighted by Gasteiger charge is 2.32. The summed E-state index contributed by atoms with van der Waals surface area (Å²) >= 11 is 0. The molecule has 8 nitrogen and oxygen atoms in total. The zero-order valence-electron chi connectivity index (χ0n) is 15.9. The fourth-order valence-corrected chi connectivity index (χ4v) is 4.84. The fraction of sp³-hybridized carbons (Fsp3) is 0.300. The predicted octanol–water partition coefficient (Wildman–Crippen LogP) is 1.55. The topological polar surface area (TPSA) is 96.0 Å². The number of hydrogen-bond acceptors (Lipinski definition) is 5. The second-order valence-corrected chi connectivity index (χ2v) is 8.91. The van der Waals surface area contributed by atoms with Crippen molar-refractivity contribution in [2.75, 3.05) is 31.5 Å². The molecule has 29 heavy (non-hydrogen) atoms. The lowest BCUT2D eigenvalue weighted by molar-refractivity contribution is -0.122. The number of fused-ring (bicyclic) bond motifs is 1. The van der Waals surface area contributed by atoms with E-state index >= 15 is 0 Å². The van der Waals surface area contributed by atoms with Gasteiger partial charge in [-0.15, -0.1) is 0 Å². The molecule has 1 saturated heterocycles. The Hall–Kier alpha value is -2.91. The van der Waals surface area contributed by atoms with E-state index in [-0.39, 0.29) is 29.8 Å². The molecule has 0 aromatic heterocycles. The fourth-order valence-electron chi connectivity index (χ4n) is 3.39. The third-order valence-corrected chi connectivity index (χ3v) is 6.96. The molecule has 2 aromatic rings. The van der Waals surface area contributed by atoms with E-state index in [0.29, 0.717) is 30.1 Å². The number of ether oxygens (including phenoxy) is 1. The van der Waals surface area contributed by atoms with Crippen LogP contribution in [0.1, 0.15) is 17.3 Å². The van der Waals surface area contributed by atoms with Crippen LogP contribution in [0.3, 0.4) is 0 Å². The van der Waals surface area contributed by atoms with Crippen LogP contribution >= 0.6 is 0 Å². The lowest BCUT2D eigenvalue weighted by atomic mass is 10.2. The molecule has 1 atom stereocenters. The summed E-state index contributed by atoms with van der Waals surface area (Å²) in [6, 6.07) is 13.4. The minimum Gasteiger partial charge on any atom is -0.479 e. The maximum absolute atomic E-state index is 13.0. The maximum Gasteiger partial charge on any atom is 0.265 e. The number of carbonyl (C=O) groups excluding carboxylic acids is 2. The van der Waals surface area contributed by atoms with Gasteiger partial charge in [0.2, 0.25) is 10.0 Å². The second kappa shape index (κ2) is 7.49. The van der Waals surface area contributed by atoms with Gasteiger partial charge in [0.25, 0.3) is 11.8 Å². The van der Waals surface area contributed by atoms with E-state index < -0.39 is 16.1 Å². The molecular formula is C20H21N3O5S. The molecule has 2 aliphatic heterocycles. The third-order valence-electron chi connectivity index (χ3n) is 5.07. The van der Waals surface area contributed by atoms with E-state index in [1.807, 2.05) is 6.07 Å². The number of nitrogens with one attached hydrogen (secondary N) is 1. The summed E-state index contributed by atoms with van der Waals surface area (Å²) in [5.41, 5.74) is 0.926. The molecule has 1 fully saturated rings. The van der Waals surface area contributed by atoms with Crippen molar-refractivity contribution in [3.05, 3.63) is 54.1 Å². The molecule has 2 amide bonds. The molecule has 9 heteroatoms. The number of rotatable bonds is 3. The minimum absolute atomic E-state index is 0.0811. The number of nitrogens with zero attached hydrogens (tertiary/aromatic N) is 2. The van der Waals surface area contributed by atoms with Crippen molar-refractivity contribution in [2.24, 2.45) is 0 Å². The van der Waals surface area contributed by atoms with Crippen LogP contribution in [-0.4, -0.2) is 61.7 Å². The standard InChI is InChI=1S/C20H21N3O5S/c1-14-19(24)21-17-13-16(7-8-18(17)28-14)29(26,27)23-11-9-22(10-12-23)20(25)15-5-3-2-4-6-15/h2-8,13-14H,9-12H2,1H3,(H,21,24). The summed E-state index contributed by atoms with van der Waals surface area (Å²) in [7, 11) is -3.75. The molecule has 1 N–H and O–H groups in total. The zero-order valence-corrected chi connectivity index (χ0v) is 16.7. The van der Waals surface area contributed by atoms with Crippen LogP contribution in [0, 0.1) is 0 Å². The van der Waals surface area contributed by atoms with Gasteiger partial charge in [-0.1, -0.05) is 18.2 Å². The Balaban J connectivity index is 1.48. The largest absolute Gasteiger partial charge is 0.479 e. The average molecular weight is 415 g/mol. The number of carbonyl (C=O) groups is 2. The highest BCUT2D eigenvalue weighted by Crippen LogP contribution is 2.33. The molecule has 0 saturated carbocycles. The van der Waals surface area contributed by atoms with Gasteiger partial charge in [0.1, 0.15) is 5.75 Å². The van der Waals surface area contributed by atoms with Crippen LogP contribution < -0.4 is 10.1 Å². The maximum atomic E-state index is 13.0. The van der Waals surface area contributed by atoms with Gasteiger partial charge < -0.3 is 15.0 Å². The minimum atomic E-state index is -3.75. The quantitative estimate of drug-likeness (QED) is 0.821. The van der Waals surface area contributed by atoms with Crippen LogP contribution in [0.5, 0.6) is 5.75 Å². The first-order valence-corrected chi connectivity index (χ1v) is 10.8. The number of sulfonamides is 1.